The number of ether oxygens (including phenoxy) is 1. The number of unbranched alkanes of at least 4 members (excludes halogenated alkanes) is 30. The number of esters is 1. The Bertz CT molecular complexity index is 855. The molecule has 0 unspecified atom stereocenters. The first-order valence-corrected chi connectivity index (χ1v) is 20.8. The number of aliphatic carboxylic acids is 1. The monoisotopic (exact) mass is 672 g/mol. The number of carboxylic acid groups (broad SMARTS) is 1. The zero-order valence-corrected chi connectivity index (χ0v) is 31.5. The van der Waals surface area contributed by atoms with E-state index < -0.39 is 12.0 Å². The first-order chi connectivity index (χ1) is 23.5. The molecular weight excluding hydrogens is 594 g/mol. The highest BCUT2D eigenvalue weighted by Gasteiger charge is 2.12. The largest absolute Gasteiger partial charge is 0.480 e. The zero-order valence-electron chi connectivity index (χ0n) is 31.5. The first-order valence-electron chi connectivity index (χ1n) is 20.8. The third kappa shape index (κ3) is 29.1. The Labute approximate surface area is 297 Å². The van der Waals surface area contributed by atoms with Gasteiger partial charge >= 0.3 is 11.9 Å². The van der Waals surface area contributed by atoms with E-state index in [1.54, 1.807) is 24.3 Å². The van der Waals surface area contributed by atoms with E-state index in [9.17, 15) is 9.59 Å². The van der Waals surface area contributed by atoms with Crippen molar-refractivity contribution in [2.24, 2.45) is 5.73 Å². The second-order valence-electron chi connectivity index (χ2n) is 14.6. The lowest BCUT2D eigenvalue weighted by atomic mass is 10.0. The predicted molar refractivity (Wildman–Crippen MR) is 205 cm³/mol. The summed E-state index contributed by atoms with van der Waals surface area (Å²) >= 11 is 0. The smallest absolute Gasteiger partial charge is 0.320 e. The molecule has 0 saturated heterocycles. The van der Waals surface area contributed by atoms with E-state index in [2.05, 4.69) is 6.92 Å². The zero-order chi connectivity index (χ0) is 34.8. The van der Waals surface area contributed by atoms with Crippen LogP contribution in [0.1, 0.15) is 218 Å². The Balaban J connectivity index is 1.73. The van der Waals surface area contributed by atoms with Gasteiger partial charge in [-0.15, -0.1) is 0 Å². The molecule has 0 heterocycles. The molecule has 0 amide bonds. The van der Waals surface area contributed by atoms with Gasteiger partial charge in [0, 0.05) is 6.42 Å². The molecule has 0 aliphatic rings. The van der Waals surface area contributed by atoms with Crippen molar-refractivity contribution in [3.05, 3.63) is 29.8 Å². The molecule has 5 heteroatoms. The van der Waals surface area contributed by atoms with Gasteiger partial charge in [-0.1, -0.05) is 212 Å². The van der Waals surface area contributed by atoms with E-state index in [1.165, 1.54) is 186 Å². The van der Waals surface area contributed by atoms with E-state index in [4.69, 9.17) is 15.6 Å². The molecule has 0 fully saturated rings. The maximum Gasteiger partial charge on any atom is 0.320 e. The number of rotatable bonds is 36. The van der Waals surface area contributed by atoms with Gasteiger partial charge in [0.25, 0.3) is 0 Å². The summed E-state index contributed by atoms with van der Waals surface area (Å²) in [6.45, 7) is 2.30. The lowest BCUT2D eigenvalue weighted by Gasteiger charge is -2.08. The minimum Gasteiger partial charge on any atom is -0.480 e. The molecule has 1 aromatic carbocycles. The first kappa shape index (κ1) is 44.1. The molecule has 48 heavy (non-hydrogen) atoms. The number of carboxylic acids is 1. The van der Waals surface area contributed by atoms with Gasteiger partial charge < -0.3 is 15.6 Å². The van der Waals surface area contributed by atoms with Crippen molar-refractivity contribution in [3.8, 4) is 5.75 Å². The predicted octanol–water partition coefficient (Wildman–Crippen LogP) is 13.0. The lowest BCUT2D eigenvalue weighted by Crippen LogP contribution is -2.32. The summed E-state index contributed by atoms with van der Waals surface area (Å²) in [5.41, 5.74) is 6.38. The Kier molecular flexibility index (Phi) is 30.9. The van der Waals surface area contributed by atoms with Crippen LogP contribution in [-0.4, -0.2) is 23.1 Å². The van der Waals surface area contributed by atoms with Crippen molar-refractivity contribution < 1.29 is 19.4 Å². The number of nitrogens with two attached hydrogens (primary N) is 1. The van der Waals surface area contributed by atoms with Gasteiger partial charge in [-0.2, -0.15) is 0 Å². The van der Waals surface area contributed by atoms with Crippen LogP contribution in [0.15, 0.2) is 24.3 Å². The Morgan fingerprint density at radius 1 is 0.521 bits per heavy atom. The van der Waals surface area contributed by atoms with Crippen LogP contribution >= 0.6 is 0 Å². The fourth-order valence-electron chi connectivity index (χ4n) is 6.69. The fourth-order valence-corrected chi connectivity index (χ4v) is 6.69. The van der Waals surface area contributed by atoms with Gasteiger partial charge in [-0.25, -0.2) is 0 Å². The second kappa shape index (κ2) is 33.6. The highest BCUT2D eigenvalue weighted by atomic mass is 16.5. The van der Waals surface area contributed by atoms with Crippen LogP contribution < -0.4 is 10.5 Å². The molecule has 1 rings (SSSR count). The third-order valence-corrected chi connectivity index (χ3v) is 9.91. The van der Waals surface area contributed by atoms with Crippen LogP contribution in [0.2, 0.25) is 0 Å². The average Bonchev–Trinajstić information content (AvgIpc) is 3.08. The van der Waals surface area contributed by atoms with Crippen LogP contribution in [0.4, 0.5) is 0 Å². The van der Waals surface area contributed by atoms with E-state index in [0.29, 0.717) is 12.2 Å². The number of carbonyl (C=O) groups is 2. The molecule has 0 spiro atoms. The molecule has 0 bridgehead atoms. The molecule has 5 nitrogen and oxygen atoms in total. The Hall–Kier alpha value is -1.88. The third-order valence-electron chi connectivity index (χ3n) is 9.91. The van der Waals surface area contributed by atoms with Crippen molar-refractivity contribution >= 4 is 11.9 Å². The van der Waals surface area contributed by atoms with Gasteiger partial charge in [0.05, 0.1) is 0 Å². The van der Waals surface area contributed by atoms with Crippen molar-refractivity contribution in [1.82, 2.24) is 0 Å². The van der Waals surface area contributed by atoms with Gasteiger partial charge in [-0.3, -0.25) is 9.59 Å². The van der Waals surface area contributed by atoms with E-state index >= 15 is 0 Å². The summed E-state index contributed by atoms with van der Waals surface area (Å²) in [6.07, 6.45) is 43.8. The van der Waals surface area contributed by atoms with E-state index in [0.717, 1.165) is 18.4 Å². The van der Waals surface area contributed by atoms with Crippen LogP contribution in [0.5, 0.6) is 5.75 Å². The summed E-state index contributed by atoms with van der Waals surface area (Å²) in [5, 5.41) is 8.91. The van der Waals surface area contributed by atoms with Crippen LogP contribution in [-0.2, 0) is 16.0 Å². The van der Waals surface area contributed by atoms with Crippen LogP contribution in [0.3, 0.4) is 0 Å². The number of carbonyl (C=O) groups excluding carboxylic acids is 1. The average molecular weight is 672 g/mol. The molecule has 0 aliphatic heterocycles. The summed E-state index contributed by atoms with van der Waals surface area (Å²) in [4.78, 5) is 23.0. The minimum absolute atomic E-state index is 0.208. The normalized spacial score (nSPS) is 12.0. The van der Waals surface area contributed by atoms with Crippen molar-refractivity contribution in [3.63, 3.8) is 0 Å². The van der Waals surface area contributed by atoms with Gasteiger partial charge in [0.2, 0.25) is 0 Å². The highest BCUT2D eigenvalue weighted by Crippen LogP contribution is 2.18. The number of benzene rings is 1. The van der Waals surface area contributed by atoms with Crippen molar-refractivity contribution in [2.75, 3.05) is 0 Å². The molecule has 0 aromatic heterocycles. The fraction of sp³-hybridized carbons (Fsp3) is 0.814. The van der Waals surface area contributed by atoms with E-state index in [1.807, 2.05) is 0 Å². The summed E-state index contributed by atoms with van der Waals surface area (Å²) in [6, 6.07) is 5.99. The molecule has 278 valence electrons. The maximum atomic E-state index is 12.1. The Morgan fingerprint density at radius 2 is 0.812 bits per heavy atom. The molecule has 0 saturated carbocycles. The maximum absolute atomic E-state index is 12.1. The number of hydrogen-bond donors (Lipinski definition) is 2. The Morgan fingerprint density at radius 3 is 1.10 bits per heavy atom. The van der Waals surface area contributed by atoms with Gasteiger partial charge in [-0.05, 0) is 30.5 Å². The molecule has 1 atom stereocenters. The van der Waals surface area contributed by atoms with Gasteiger partial charge in [0.15, 0.2) is 0 Å². The molecule has 1 aromatic rings. The molecular formula is C43H77NO4. The summed E-state index contributed by atoms with van der Waals surface area (Å²) < 4.78 is 5.40. The van der Waals surface area contributed by atoms with E-state index in [-0.39, 0.29) is 12.4 Å². The number of hydrogen-bond acceptors (Lipinski definition) is 4. The second-order valence-corrected chi connectivity index (χ2v) is 14.6. The molecule has 3 N–H and O–H groups in total. The van der Waals surface area contributed by atoms with Crippen LogP contribution in [0.25, 0.3) is 0 Å². The highest BCUT2D eigenvalue weighted by molar-refractivity contribution is 5.73. The van der Waals surface area contributed by atoms with Crippen molar-refractivity contribution in [1.29, 1.82) is 0 Å². The summed E-state index contributed by atoms with van der Waals surface area (Å²) in [5.74, 6) is -0.735. The van der Waals surface area contributed by atoms with Crippen molar-refractivity contribution in [2.45, 2.75) is 225 Å². The molecule has 0 aliphatic carbocycles. The quantitative estimate of drug-likeness (QED) is 0.0421. The van der Waals surface area contributed by atoms with Crippen LogP contribution in [0, 0.1) is 0 Å². The van der Waals surface area contributed by atoms with Gasteiger partial charge in [0.1, 0.15) is 11.8 Å². The topological polar surface area (TPSA) is 89.6 Å². The standard InChI is InChI=1S/C43H77NO4/c1-2-3-4-5-6-7-8-9-10-11-12-13-14-15-16-17-18-19-20-21-22-23-24-25-26-27-28-29-30-31-32-33-42(45)48-40-36-34-39(35-37-40)38-41(44)43(46)47/h34-37,41H,2-33,38,44H2,1H3,(H,46,47)/t41-/m0/s1. The minimum atomic E-state index is -1.02. The SMILES string of the molecule is CCCCCCCCCCCCCCCCCCCCCCCCCCCCCCCCCC(=O)Oc1ccc(C[C@H](N)C(=O)O)cc1. The lowest BCUT2D eigenvalue weighted by molar-refractivity contribution is -0.138. The molecule has 0 radical (unpaired) electrons. The summed E-state index contributed by atoms with van der Waals surface area (Å²) in [7, 11) is 0.